The minimum absolute atomic E-state index is 0.158. The van der Waals surface area contributed by atoms with Crippen LogP contribution in [0, 0.1) is 0 Å². The fourth-order valence-corrected chi connectivity index (χ4v) is 4.56. The van der Waals surface area contributed by atoms with E-state index in [-0.39, 0.29) is 17.6 Å². The average molecular weight is 463 g/mol. The van der Waals surface area contributed by atoms with Gasteiger partial charge in [0.1, 0.15) is 5.60 Å². The third kappa shape index (κ3) is 3.90. The van der Waals surface area contributed by atoms with Crippen molar-refractivity contribution >= 4 is 28.7 Å². The maximum Gasteiger partial charge on any atom is 0.410 e. The van der Waals surface area contributed by atoms with E-state index in [1.54, 1.807) is 0 Å². The molecule has 1 fully saturated rings. The summed E-state index contributed by atoms with van der Waals surface area (Å²) in [6.45, 7) is 6.40. The summed E-state index contributed by atoms with van der Waals surface area (Å²) in [5.41, 5.74) is 1.83. The van der Waals surface area contributed by atoms with E-state index in [0.29, 0.717) is 6.54 Å². The lowest BCUT2D eigenvalue weighted by Crippen LogP contribution is -2.41. The molecule has 26 heavy (non-hydrogen) atoms. The second-order valence-corrected chi connectivity index (χ2v) is 8.82. The minimum atomic E-state index is -0.488. The number of halogens is 1. The number of hydrogen-bond donors (Lipinski definition) is 0. The molecule has 3 rings (SSSR count). The highest BCUT2D eigenvalue weighted by molar-refractivity contribution is 14.1. The Bertz CT molecular complexity index is 700. The fraction of sp³-hybridized carbons (Fsp3) is 0.409. The van der Waals surface area contributed by atoms with Gasteiger partial charge in [-0.3, -0.25) is 0 Å². The van der Waals surface area contributed by atoms with E-state index in [2.05, 4.69) is 71.1 Å². The zero-order valence-corrected chi connectivity index (χ0v) is 17.8. The first-order valence-corrected chi connectivity index (χ1v) is 10.5. The summed E-state index contributed by atoms with van der Waals surface area (Å²) in [6.07, 6.45) is 0.691. The number of ether oxygens (including phenoxy) is 1. The summed E-state index contributed by atoms with van der Waals surface area (Å²) < 4.78 is 6.59. The van der Waals surface area contributed by atoms with E-state index in [1.807, 2.05) is 37.8 Å². The van der Waals surface area contributed by atoms with Crippen molar-refractivity contribution in [2.75, 3.05) is 11.0 Å². The maximum atomic E-state index is 12.9. The van der Waals surface area contributed by atoms with Crippen LogP contribution in [-0.2, 0) is 10.2 Å². The summed E-state index contributed by atoms with van der Waals surface area (Å²) in [5, 5.41) is 0. The number of nitrogens with zero attached hydrogens (tertiary/aromatic N) is 1. The van der Waals surface area contributed by atoms with Gasteiger partial charge in [0.15, 0.2) is 0 Å². The van der Waals surface area contributed by atoms with Crippen LogP contribution in [0.1, 0.15) is 38.3 Å². The van der Waals surface area contributed by atoms with Crippen molar-refractivity contribution in [1.82, 2.24) is 4.90 Å². The molecule has 0 aliphatic carbocycles. The molecule has 0 saturated carbocycles. The third-order valence-corrected chi connectivity index (χ3v) is 5.94. The van der Waals surface area contributed by atoms with E-state index in [1.165, 1.54) is 11.1 Å². The van der Waals surface area contributed by atoms with Crippen LogP contribution in [-0.4, -0.2) is 33.6 Å². The topological polar surface area (TPSA) is 29.5 Å². The van der Waals surface area contributed by atoms with Crippen molar-refractivity contribution in [3.05, 3.63) is 71.8 Å². The monoisotopic (exact) mass is 463 g/mol. The van der Waals surface area contributed by atoms with Crippen LogP contribution >= 0.6 is 22.6 Å². The highest BCUT2D eigenvalue weighted by Crippen LogP contribution is 2.44. The number of hydrogen-bond acceptors (Lipinski definition) is 2. The van der Waals surface area contributed by atoms with Crippen LogP contribution in [0.3, 0.4) is 0 Å². The zero-order valence-electron chi connectivity index (χ0n) is 15.6. The summed E-state index contributed by atoms with van der Waals surface area (Å²) >= 11 is 2.38. The molecule has 3 nitrogen and oxygen atoms in total. The Morgan fingerprint density at radius 1 is 1.08 bits per heavy atom. The predicted molar refractivity (Wildman–Crippen MR) is 114 cm³/mol. The first kappa shape index (κ1) is 19.2. The third-order valence-electron chi connectivity index (χ3n) is 4.92. The molecule has 1 atom stereocenters. The second kappa shape index (κ2) is 7.59. The van der Waals surface area contributed by atoms with E-state index >= 15 is 0 Å². The van der Waals surface area contributed by atoms with Gasteiger partial charge in [-0.05, 0) is 38.3 Å². The number of carbonyl (C=O) groups is 1. The molecule has 1 unspecified atom stereocenters. The van der Waals surface area contributed by atoms with E-state index in [4.69, 9.17) is 4.74 Å². The molecule has 0 aromatic heterocycles. The molecular weight excluding hydrogens is 437 g/mol. The normalized spacial score (nSPS) is 19.4. The molecule has 2 aromatic carbocycles. The maximum absolute atomic E-state index is 12.9. The van der Waals surface area contributed by atoms with Crippen molar-refractivity contribution in [3.8, 4) is 0 Å². The van der Waals surface area contributed by atoms with Crippen molar-refractivity contribution in [1.29, 1.82) is 0 Å². The van der Waals surface area contributed by atoms with Gasteiger partial charge in [0, 0.05) is 22.4 Å². The Balaban J connectivity index is 2.02. The molecule has 138 valence electrons. The lowest BCUT2D eigenvalue weighted by Gasteiger charge is -2.31. The smallest absolute Gasteiger partial charge is 0.410 e. The molecule has 1 aliphatic rings. The van der Waals surface area contributed by atoms with Gasteiger partial charge in [-0.25, -0.2) is 4.79 Å². The summed E-state index contributed by atoms with van der Waals surface area (Å²) in [4.78, 5) is 14.8. The summed E-state index contributed by atoms with van der Waals surface area (Å²) in [7, 11) is 0. The number of rotatable bonds is 3. The molecule has 1 heterocycles. The highest BCUT2D eigenvalue weighted by atomic mass is 127. The van der Waals surface area contributed by atoms with Gasteiger partial charge in [-0.15, -0.1) is 0 Å². The molecule has 0 spiro atoms. The van der Waals surface area contributed by atoms with E-state index < -0.39 is 5.60 Å². The first-order chi connectivity index (χ1) is 12.4. The minimum Gasteiger partial charge on any atom is -0.444 e. The van der Waals surface area contributed by atoms with Crippen LogP contribution in [0.25, 0.3) is 0 Å². The van der Waals surface area contributed by atoms with Crippen LogP contribution in [0.4, 0.5) is 4.79 Å². The predicted octanol–water partition coefficient (Wildman–Crippen LogP) is 5.42. The zero-order chi connectivity index (χ0) is 18.8. The van der Waals surface area contributed by atoms with E-state index in [9.17, 15) is 4.79 Å². The second-order valence-electron chi connectivity index (χ2n) is 7.93. The van der Waals surface area contributed by atoms with Gasteiger partial charge in [-0.1, -0.05) is 83.3 Å². The van der Waals surface area contributed by atoms with Crippen LogP contribution in [0.2, 0.25) is 0 Å². The van der Waals surface area contributed by atoms with Gasteiger partial charge in [0.2, 0.25) is 0 Å². The Hall–Kier alpha value is -1.56. The highest BCUT2D eigenvalue weighted by Gasteiger charge is 2.48. The van der Waals surface area contributed by atoms with Gasteiger partial charge in [0.25, 0.3) is 0 Å². The lowest BCUT2D eigenvalue weighted by atomic mass is 9.73. The van der Waals surface area contributed by atoms with Crippen molar-refractivity contribution in [2.45, 2.75) is 44.2 Å². The quantitative estimate of drug-likeness (QED) is 0.450. The fourth-order valence-electron chi connectivity index (χ4n) is 3.77. The Morgan fingerprint density at radius 2 is 1.58 bits per heavy atom. The molecule has 0 bridgehead atoms. The molecule has 1 saturated heterocycles. The lowest BCUT2D eigenvalue weighted by molar-refractivity contribution is 0.0237. The molecule has 0 radical (unpaired) electrons. The van der Waals surface area contributed by atoms with Crippen LogP contribution in [0.5, 0.6) is 0 Å². The molecule has 1 amide bonds. The standard InChI is InChI=1S/C22H26INO2/c1-21(2,3)26-20(25)24-16-22(14-19(24)15-23,17-10-6-4-7-11-17)18-12-8-5-9-13-18/h4-13,19H,14-16H2,1-3H3. The van der Waals surface area contributed by atoms with Gasteiger partial charge in [-0.2, -0.15) is 0 Å². The van der Waals surface area contributed by atoms with Crippen molar-refractivity contribution < 1.29 is 9.53 Å². The summed E-state index contributed by atoms with van der Waals surface area (Å²) in [5.74, 6) is 0. The Kier molecular flexibility index (Phi) is 5.61. The average Bonchev–Trinajstić information content (AvgIpc) is 3.03. The molecule has 4 heteroatoms. The number of alkyl halides is 1. The van der Waals surface area contributed by atoms with Crippen molar-refractivity contribution in [2.24, 2.45) is 0 Å². The summed E-state index contributed by atoms with van der Waals surface area (Å²) in [6, 6.07) is 21.3. The molecule has 0 N–H and O–H groups in total. The largest absolute Gasteiger partial charge is 0.444 e. The Morgan fingerprint density at radius 3 is 2.00 bits per heavy atom. The van der Waals surface area contributed by atoms with Gasteiger partial charge >= 0.3 is 6.09 Å². The molecular formula is C22H26INO2. The molecule has 2 aromatic rings. The van der Waals surface area contributed by atoms with Crippen LogP contribution in [0.15, 0.2) is 60.7 Å². The number of likely N-dealkylation sites (tertiary alicyclic amines) is 1. The number of carbonyl (C=O) groups excluding carboxylic acids is 1. The van der Waals surface area contributed by atoms with E-state index in [0.717, 1.165) is 10.8 Å². The first-order valence-electron chi connectivity index (χ1n) is 9.02. The van der Waals surface area contributed by atoms with Crippen molar-refractivity contribution in [3.63, 3.8) is 0 Å². The number of amides is 1. The molecule has 1 aliphatic heterocycles. The van der Waals surface area contributed by atoms with Gasteiger partial charge in [0.05, 0.1) is 0 Å². The van der Waals surface area contributed by atoms with Crippen LogP contribution < -0.4 is 0 Å². The number of benzene rings is 2. The van der Waals surface area contributed by atoms with Gasteiger partial charge < -0.3 is 9.64 Å². The Labute approximate surface area is 169 Å². The SMILES string of the molecule is CC(C)(C)OC(=O)N1CC(c2ccccc2)(c2ccccc2)CC1CI.